The number of para-hydroxylation sites is 2. The molecule has 142 valence electrons. The summed E-state index contributed by atoms with van der Waals surface area (Å²) >= 11 is 0. The largest absolute Gasteiger partial charge is 0.482 e. The first-order valence-corrected chi connectivity index (χ1v) is 10.0. The number of likely N-dealkylation sites (tertiary alicyclic amines) is 1. The molecular weight excluding hydrogens is 328 g/mol. The Hall–Kier alpha value is -1.59. The monoisotopic (exact) mass is 358 g/mol. The molecule has 1 aliphatic carbocycles. The average Bonchev–Trinajstić information content (AvgIpc) is 3.48. The lowest BCUT2D eigenvalue weighted by molar-refractivity contribution is -0.121. The number of carbonyl (C=O) groups is 1. The van der Waals surface area contributed by atoms with Gasteiger partial charge in [0.05, 0.1) is 11.8 Å². The van der Waals surface area contributed by atoms with Gasteiger partial charge in [0.15, 0.2) is 6.61 Å². The summed E-state index contributed by atoms with van der Waals surface area (Å²) < 4.78 is 11.6. The minimum atomic E-state index is 0.0581. The van der Waals surface area contributed by atoms with Crippen LogP contribution in [0.1, 0.15) is 32.6 Å². The number of amides is 1. The summed E-state index contributed by atoms with van der Waals surface area (Å²) in [5.74, 6) is 2.15. The maximum Gasteiger partial charge on any atom is 0.265 e. The summed E-state index contributed by atoms with van der Waals surface area (Å²) in [6.07, 6.45) is 5.45. The zero-order valence-corrected chi connectivity index (χ0v) is 15.7. The Morgan fingerprint density at radius 2 is 1.92 bits per heavy atom. The van der Waals surface area contributed by atoms with Gasteiger partial charge in [-0.2, -0.15) is 0 Å². The standard InChI is InChI=1S/C21H30N2O3/c1-16(12-22-10-8-18(9-11-22)25-14-17-6-7-17)13-23-19-4-2-3-5-20(19)26-15-21(23)24/h2-5,16-18H,6-15H2,1H3/t16-/m1/s1. The van der Waals surface area contributed by atoms with Crippen molar-refractivity contribution in [3.63, 3.8) is 0 Å². The Morgan fingerprint density at radius 3 is 2.69 bits per heavy atom. The maximum absolute atomic E-state index is 12.3. The van der Waals surface area contributed by atoms with Crippen molar-refractivity contribution in [3.8, 4) is 5.75 Å². The summed E-state index contributed by atoms with van der Waals surface area (Å²) in [5, 5.41) is 0. The molecule has 0 N–H and O–H groups in total. The summed E-state index contributed by atoms with van der Waals surface area (Å²) in [4.78, 5) is 16.8. The number of hydrogen-bond acceptors (Lipinski definition) is 4. The summed E-state index contributed by atoms with van der Waals surface area (Å²) in [7, 11) is 0. The van der Waals surface area contributed by atoms with E-state index >= 15 is 0 Å². The summed E-state index contributed by atoms with van der Waals surface area (Å²) in [6, 6.07) is 7.82. The Morgan fingerprint density at radius 1 is 1.15 bits per heavy atom. The Labute approximate surface area is 156 Å². The quantitative estimate of drug-likeness (QED) is 0.752. The van der Waals surface area contributed by atoms with Crippen LogP contribution in [0.15, 0.2) is 24.3 Å². The van der Waals surface area contributed by atoms with Crippen LogP contribution in [-0.4, -0.2) is 56.3 Å². The molecule has 5 nitrogen and oxygen atoms in total. The molecule has 2 fully saturated rings. The number of fused-ring (bicyclic) bond motifs is 1. The number of carbonyl (C=O) groups excluding carboxylic acids is 1. The van der Waals surface area contributed by atoms with Crippen molar-refractivity contribution in [2.75, 3.05) is 44.3 Å². The van der Waals surface area contributed by atoms with E-state index in [2.05, 4.69) is 11.8 Å². The number of rotatable bonds is 7. The molecule has 4 rings (SSSR count). The highest BCUT2D eigenvalue weighted by Gasteiger charge is 2.28. The van der Waals surface area contributed by atoms with E-state index in [0.717, 1.165) is 63.0 Å². The van der Waals surface area contributed by atoms with E-state index in [0.29, 0.717) is 12.0 Å². The zero-order chi connectivity index (χ0) is 17.9. The van der Waals surface area contributed by atoms with Gasteiger partial charge in [0.1, 0.15) is 5.75 Å². The molecule has 0 unspecified atom stereocenters. The van der Waals surface area contributed by atoms with Gasteiger partial charge in [-0.15, -0.1) is 0 Å². The summed E-state index contributed by atoms with van der Waals surface area (Å²) in [5.41, 5.74) is 0.905. The molecule has 1 saturated heterocycles. The highest BCUT2D eigenvalue weighted by atomic mass is 16.5. The molecule has 3 aliphatic rings. The van der Waals surface area contributed by atoms with Crippen LogP contribution >= 0.6 is 0 Å². The van der Waals surface area contributed by atoms with Crippen molar-refractivity contribution in [2.24, 2.45) is 11.8 Å². The minimum Gasteiger partial charge on any atom is -0.482 e. The molecule has 26 heavy (non-hydrogen) atoms. The van der Waals surface area contributed by atoms with Gasteiger partial charge in [-0.05, 0) is 49.7 Å². The van der Waals surface area contributed by atoms with Crippen LogP contribution in [0.4, 0.5) is 5.69 Å². The van der Waals surface area contributed by atoms with Crippen LogP contribution in [0.3, 0.4) is 0 Å². The van der Waals surface area contributed by atoms with Gasteiger partial charge < -0.3 is 19.3 Å². The summed E-state index contributed by atoms with van der Waals surface area (Å²) in [6.45, 7) is 7.34. The maximum atomic E-state index is 12.3. The van der Waals surface area contributed by atoms with Crippen molar-refractivity contribution in [2.45, 2.75) is 38.7 Å². The van der Waals surface area contributed by atoms with E-state index in [1.165, 1.54) is 12.8 Å². The topological polar surface area (TPSA) is 42.0 Å². The Kier molecular flexibility index (Phi) is 5.46. The number of benzene rings is 1. The molecule has 0 spiro atoms. The fraction of sp³-hybridized carbons (Fsp3) is 0.667. The molecule has 1 aromatic carbocycles. The van der Waals surface area contributed by atoms with Crippen LogP contribution in [-0.2, 0) is 9.53 Å². The fourth-order valence-electron chi connectivity index (χ4n) is 3.98. The van der Waals surface area contributed by atoms with Gasteiger partial charge in [-0.3, -0.25) is 4.79 Å². The highest BCUT2D eigenvalue weighted by Crippen LogP contribution is 2.32. The molecule has 2 heterocycles. The second-order valence-corrected chi connectivity index (χ2v) is 8.14. The molecule has 1 aromatic rings. The van der Waals surface area contributed by atoms with E-state index in [4.69, 9.17) is 9.47 Å². The lowest BCUT2D eigenvalue weighted by Gasteiger charge is -2.36. The van der Waals surface area contributed by atoms with E-state index in [9.17, 15) is 4.79 Å². The normalized spacial score (nSPS) is 22.8. The number of hydrogen-bond donors (Lipinski definition) is 0. The fourth-order valence-corrected chi connectivity index (χ4v) is 3.98. The van der Waals surface area contributed by atoms with Gasteiger partial charge >= 0.3 is 0 Å². The van der Waals surface area contributed by atoms with Gasteiger partial charge in [0.2, 0.25) is 0 Å². The van der Waals surface area contributed by atoms with Crippen LogP contribution in [0.2, 0.25) is 0 Å². The third-order valence-corrected chi connectivity index (χ3v) is 5.67. The predicted octanol–water partition coefficient (Wildman–Crippen LogP) is 2.94. The first-order valence-electron chi connectivity index (χ1n) is 10.0. The lowest BCUT2D eigenvalue weighted by Crippen LogP contribution is -2.45. The highest BCUT2D eigenvalue weighted by molar-refractivity contribution is 5.97. The second kappa shape index (κ2) is 7.97. The van der Waals surface area contributed by atoms with Gasteiger partial charge in [0.25, 0.3) is 5.91 Å². The molecule has 1 atom stereocenters. The molecular formula is C21H30N2O3. The average molecular weight is 358 g/mol. The Balaban J connectivity index is 1.25. The predicted molar refractivity (Wildman–Crippen MR) is 102 cm³/mol. The van der Waals surface area contributed by atoms with Crippen LogP contribution < -0.4 is 9.64 Å². The van der Waals surface area contributed by atoms with E-state index in [-0.39, 0.29) is 12.5 Å². The van der Waals surface area contributed by atoms with Crippen molar-refractivity contribution in [3.05, 3.63) is 24.3 Å². The molecule has 1 amide bonds. The molecule has 1 saturated carbocycles. The van der Waals surface area contributed by atoms with Crippen LogP contribution in [0.25, 0.3) is 0 Å². The molecule has 0 aromatic heterocycles. The minimum absolute atomic E-state index is 0.0581. The van der Waals surface area contributed by atoms with Crippen molar-refractivity contribution in [1.82, 2.24) is 4.90 Å². The van der Waals surface area contributed by atoms with E-state index in [1.54, 1.807) is 0 Å². The first kappa shape index (κ1) is 17.8. The van der Waals surface area contributed by atoms with E-state index < -0.39 is 0 Å². The second-order valence-electron chi connectivity index (χ2n) is 8.14. The SMILES string of the molecule is C[C@H](CN1CCC(OCC2CC2)CC1)CN1C(=O)COc2ccccc21. The molecule has 0 bridgehead atoms. The van der Waals surface area contributed by atoms with Crippen molar-refractivity contribution in [1.29, 1.82) is 0 Å². The van der Waals surface area contributed by atoms with Crippen molar-refractivity contribution >= 4 is 11.6 Å². The zero-order valence-electron chi connectivity index (χ0n) is 15.7. The Bertz CT molecular complexity index is 623. The molecule has 0 radical (unpaired) electrons. The number of anilines is 1. The first-order chi connectivity index (χ1) is 12.7. The lowest BCUT2D eigenvalue weighted by atomic mass is 10.0. The van der Waals surface area contributed by atoms with Crippen molar-refractivity contribution < 1.29 is 14.3 Å². The van der Waals surface area contributed by atoms with Gasteiger partial charge in [-0.1, -0.05) is 19.1 Å². The molecule has 5 heteroatoms. The number of ether oxygens (including phenoxy) is 2. The number of nitrogens with zero attached hydrogens (tertiary/aromatic N) is 2. The van der Waals surface area contributed by atoms with Crippen LogP contribution in [0, 0.1) is 11.8 Å². The van der Waals surface area contributed by atoms with Gasteiger partial charge in [0, 0.05) is 32.8 Å². The van der Waals surface area contributed by atoms with Gasteiger partial charge in [-0.25, -0.2) is 0 Å². The third kappa shape index (κ3) is 4.38. The molecule has 2 aliphatic heterocycles. The third-order valence-electron chi connectivity index (χ3n) is 5.67. The smallest absolute Gasteiger partial charge is 0.265 e. The van der Waals surface area contributed by atoms with Crippen LogP contribution in [0.5, 0.6) is 5.75 Å². The number of piperidine rings is 1. The van der Waals surface area contributed by atoms with E-state index in [1.807, 2.05) is 29.2 Å².